The summed E-state index contributed by atoms with van der Waals surface area (Å²) >= 11 is 0. The van der Waals surface area contributed by atoms with Gasteiger partial charge in [0.05, 0.1) is 25.5 Å². The van der Waals surface area contributed by atoms with Crippen molar-refractivity contribution >= 4 is 17.6 Å². The fraction of sp³-hybridized carbons (Fsp3) is 0.310. The predicted octanol–water partition coefficient (Wildman–Crippen LogP) is 3.67. The fourth-order valence-corrected chi connectivity index (χ4v) is 4.49. The molecule has 1 saturated heterocycles. The molecule has 0 aliphatic carbocycles. The summed E-state index contributed by atoms with van der Waals surface area (Å²) in [5.41, 5.74) is 1.41. The smallest absolute Gasteiger partial charge is 0.257 e. The lowest BCUT2D eigenvalue weighted by Crippen LogP contribution is -2.44. The van der Waals surface area contributed by atoms with Gasteiger partial charge in [0.25, 0.3) is 5.91 Å². The first-order valence-corrected chi connectivity index (χ1v) is 12.7. The normalized spacial score (nSPS) is 13.4. The molecule has 2 aromatic carbocycles. The first-order chi connectivity index (χ1) is 18.9. The maximum atomic E-state index is 14.2. The van der Waals surface area contributed by atoms with Gasteiger partial charge in [-0.25, -0.2) is 4.39 Å². The van der Waals surface area contributed by atoms with Gasteiger partial charge >= 0.3 is 0 Å². The maximum absolute atomic E-state index is 14.2. The third kappa shape index (κ3) is 6.51. The van der Waals surface area contributed by atoms with Crippen LogP contribution < -0.4 is 14.4 Å². The van der Waals surface area contributed by atoms with E-state index < -0.39 is 11.7 Å². The Labute approximate surface area is 227 Å². The minimum absolute atomic E-state index is 0.0662. The number of carbonyl (C=O) groups is 2. The van der Waals surface area contributed by atoms with E-state index in [4.69, 9.17) is 9.47 Å². The zero-order chi connectivity index (χ0) is 27.8. The van der Waals surface area contributed by atoms with Gasteiger partial charge in [-0.2, -0.15) is 0 Å². The van der Waals surface area contributed by atoms with E-state index >= 15 is 0 Å². The largest absolute Gasteiger partial charge is 0.497 e. The molecule has 4 rings (SSSR count). The maximum Gasteiger partial charge on any atom is 0.257 e. The second-order valence-electron chi connectivity index (χ2n) is 9.02. The molecule has 1 fully saturated rings. The molecule has 0 atom stereocenters. The van der Waals surface area contributed by atoms with E-state index in [1.807, 2.05) is 24.3 Å². The zero-order valence-corrected chi connectivity index (χ0v) is 22.2. The molecule has 9 nitrogen and oxygen atoms in total. The molecular formula is C29H32FN5O4. The van der Waals surface area contributed by atoms with Crippen molar-refractivity contribution in [1.29, 1.82) is 0 Å². The van der Waals surface area contributed by atoms with Crippen LogP contribution in [0.3, 0.4) is 0 Å². The highest BCUT2D eigenvalue weighted by Crippen LogP contribution is 2.32. The van der Waals surface area contributed by atoms with E-state index in [1.54, 1.807) is 31.3 Å². The number of anilines is 1. The summed E-state index contributed by atoms with van der Waals surface area (Å²) in [6, 6.07) is 15.1. The van der Waals surface area contributed by atoms with E-state index in [2.05, 4.69) is 21.7 Å². The lowest BCUT2D eigenvalue weighted by molar-refractivity contribution is -0.131. The lowest BCUT2D eigenvalue weighted by Gasteiger charge is -2.26. The molecule has 0 radical (unpaired) electrons. The van der Waals surface area contributed by atoms with Crippen LogP contribution in [0.1, 0.15) is 16.8 Å². The molecule has 1 aromatic heterocycles. The van der Waals surface area contributed by atoms with E-state index in [-0.39, 0.29) is 24.6 Å². The van der Waals surface area contributed by atoms with Crippen LogP contribution >= 0.6 is 0 Å². The predicted molar refractivity (Wildman–Crippen MR) is 146 cm³/mol. The molecule has 204 valence electrons. The van der Waals surface area contributed by atoms with E-state index in [0.717, 1.165) is 12.0 Å². The monoisotopic (exact) mass is 533 g/mol. The van der Waals surface area contributed by atoms with Crippen LogP contribution in [0.5, 0.6) is 11.5 Å². The number of aromatic nitrogens is 2. The Bertz CT molecular complexity index is 1320. The number of hydrogen-bond acceptors (Lipinski definition) is 7. The number of ether oxygens (including phenoxy) is 2. The summed E-state index contributed by atoms with van der Waals surface area (Å²) in [7, 11) is 3.19. The molecule has 0 N–H and O–H groups in total. The van der Waals surface area contributed by atoms with Crippen molar-refractivity contribution < 1.29 is 23.5 Å². The Hall–Kier alpha value is -4.47. The number of hydrogen-bond donors (Lipinski definition) is 0. The van der Waals surface area contributed by atoms with Gasteiger partial charge in [-0.1, -0.05) is 18.2 Å². The summed E-state index contributed by atoms with van der Waals surface area (Å²) < 4.78 is 24.9. The fourth-order valence-electron chi connectivity index (χ4n) is 4.49. The Morgan fingerprint density at radius 3 is 2.54 bits per heavy atom. The Morgan fingerprint density at radius 2 is 1.85 bits per heavy atom. The highest BCUT2D eigenvalue weighted by molar-refractivity contribution is 5.96. The number of amides is 2. The molecule has 1 aliphatic heterocycles. The molecule has 0 saturated carbocycles. The summed E-state index contributed by atoms with van der Waals surface area (Å²) in [4.78, 5) is 31.2. The summed E-state index contributed by atoms with van der Waals surface area (Å²) in [6.45, 7) is 5.93. The third-order valence-electron chi connectivity index (χ3n) is 6.57. The SMILES string of the molecule is C=CCN(CC(=O)N1CCCN(c2ccc(-c3ccc(OC)cc3OC)nn2)CC1)C(=O)c1ccccc1F. The molecule has 10 heteroatoms. The van der Waals surface area contributed by atoms with Crippen LogP contribution in [0.4, 0.5) is 10.2 Å². The highest BCUT2D eigenvalue weighted by Gasteiger charge is 2.25. The van der Waals surface area contributed by atoms with Crippen molar-refractivity contribution in [1.82, 2.24) is 20.0 Å². The molecular weight excluding hydrogens is 501 g/mol. The van der Waals surface area contributed by atoms with E-state index in [9.17, 15) is 14.0 Å². The second kappa shape index (κ2) is 12.9. The average molecular weight is 534 g/mol. The minimum Gasteiger partial charge on any atom is -0.497 e. The number of rotatable bonds is 9. The van der Waals surface area contributed by atoms with Crippen LogP contribution in [0, 0.1) is 5.82 Å². The third-order valence-corrected chi connectivity index (χ3v) is 6.57. The van der Waals surface area contributed by atoms with Gasteiger partial charge in [0.2, 0.25) is 5.91 Å². The number of methoxy groups -OCH3 is 2. The van der Waals surface area contributed by atoms with Crippen molar-refractivity contribution in [2.45, 2.75) is 6.42 Å². The Balaban J connectivity index is 1.40. The van der Waals surface area contributed by atoms with Gasteiger partial charge < -0.3 is 24.2 Å². The van der Waals surface area contributed by atoms with Gasteiger partial charge in [0, 0.05) is 44.4 Å². The number of benzene rings is 2. The number of halogens is 1. The highest BCUT2D eigenvalue weighted by atomic mass is 19.1. The van der Waals surface area contributed by atoms with Crippen molar-refractivity contribution in [3.05, 3.63) is 78.6 Å². The van der Waals surface area contributed by atoms with E-state index in [0.29, 0.717) is 49.2 Å². The van der Waals surface area contributed by atoms with Gasteiger partial charge in [-0.05, 0) is 42.8 Å². The first-order valence-electron chi connectivity index (χ1n) is 12.7. The minimum atomic E-state index is -0.619. The molecule has 3 aromatic rings. The van der Waals surface area contributed by atoms with Gasteiger partial charge in [-0.15, -0.1) is 16.8 Å². The summed E-state index contributed by atoms with van der Waals surface area (Å²) in [5, 5.41) is 8.84. The Kier molecular flexibility index (Phi) is 9.09. The zero-order valence-electron chi connectivity index (χ0n) is 22.2. The van der Waals surface area contributed by atoms with Gasteiger partial charge in [0.1, 0.15) is 23.9 Å². The molecule has 1 aliphatic rings. The number of nitrogens with zero attached hydrogens (tertiary/aromatic N) is 5. The first kappa shape index (κ1) is 27.6. The molecule has 0 spiro atoms. The number of carbonyl (C=O) groups excluding carboxylic acids is 2. The molecule has 0 bridgehead atoms. The van der Waals surface area contributed by atoms with Crippen LogP contribution in [0.15, 0.2) is 67.3 Å². The van der Waals surface area contributed by atoms with Crippen molar-refractivity contribution in [2.75, 3.05) is 58.4 Å². The van der Waals surface area contributed by atoms with Crippen LogP contribution in [0.25, 0.3) is 11.3 Å². The Morgan fingerprint density at radius 1 is 1.03 bits per heavy atom. The topological polar surface area (TPSA) is 88.1 Å². The quantitative estimate of drug-likeness (QED) is 0.388. The van der Waals surface area contributed by atoms with Crippen molar-refractivity contribution in [3.63, 3.8) is 0 Å². The molecule has 0 unspecified atom stereocenters. The average Bonchev–Trinajstić information content (AvgIpc) is 3.23. The van der Waals surface area contributed by atoms with E-state index in [1.165, 1.54) is 29.2 Å². The molecule has 2 heterocycles. The van der Waals surface area contributed by atoms with Crippen molar-refractivity contribution in [3.8, 4) is 22.8 Å². The molecule has 39 heavy (non-hydrogen) atoms. The van der Waals surface area contributed by atoms with Crippen molar-refractivity contribution in [2.24, 2.45) is 0 Å². The lowest BCUT2D eigenvalue weighted by atomic mass is 10.1. The van der Waals surface area contributed by atoms with Crippen LogP contribution in [-0.2, 0) is 4.79 Å². The summed E-state index contributed by atoms with van der Waals surface area (Å²) in [5.74, 6) is 0.681. The molecule has 2 amide bonds. The van der Waals surface area contributed by atoms with Gasteiger partial charge in [0.15, 0.2) is 5.82 Å². The van der Waals surface area contributed by atoms with Crippen LogP contribution in [-0.4, -0.2) is 85.3 Å². The second-order valence-corrected chi connectivity index (χ2v) is 9.02. The van der Waals surface area contributed by atoms with Crippen LogP contribution in [0.2, 0.25) is 0 Å². The standard InChI is InChI=1S/C29H32FN5O4/c1-4-14-35(29(37)22-8-5-6-9-24(22)30)20-28(36)34-16-7-15-33(17-18-34)27-13-12-25(31-32-27)23-11-10-21(38-2)19-26(23)39-3/h4-6,8-13,19H,1,7,14-18,20H2,2-3H3. The summed E-state index contributed by atoms with van der Waals surface area (Å²) in [6.07, 6.45) is 2.25. The van der Waals surface area contributed by atoms with Gasteiger partial charge in [-0.3, -0.25) is 9.59 Å².